The van der Waals surface area contributed by atoms with E-state index in [0.29, 0.717) is 30.2 Å². The second kappa shape index (κ2) is 10.5. The van der Waals surface area contributed by atoms with Gasteiger partial charge in [-0.2, -0.15) is 0 Å². The Morgan fingerprint density at radius 2 is 1.86 bits per heavy atom. The summed E-state index contributed by atoms with van der Waals surface area (Å²) < 4.78 is 10.7. The van der Waals surface area contributed by atoms with Crippen LogP contribution in [0.1, 0.15) is 41.3 Å². The number of hydrogen-bond donors (Lipinski definition) is 2. The number of benzene rings is 2. The fourth-order valence-corrected chi connectivity index (χ4v) is 2.73. The van der Waals surface area contributed by atoms with Gasteiger partial charge < -0.3 is 20.1 Å². The lowest BCUT2D eigenvalue weighted by atomic mass is 10.0. The summed E-state index contributed by atoms with van der Waals surface area (Å²) in [6, 6.07) is 12.8. The standard InChI is InChI=1S/C22H28N2O4/c1-15(2)17-10-9-16(3)13-20(17)28-14-21(25)24-19-8-6-5-7-18(19)22(26)23-11-12-27-4/h5-10,13,15H,11-12,14H2,1-4H3,(H,23,26)(H,24,25). The van der Waals surface area contributed by atoms with Crippen molar-refractivity contribution in [2.24, 2.45) is 0 Å². The van der Waals surface area contributed by atoms with Crippen LogP contribution in [-0.4, -0.2) is 38.7 Å². The molecule has 0 aromatic heterocycles. The maximum absolute atomic E-state index is 12.4. The molecule has 0 unspecified atom stereocenters. The molecule has 0 spiro atoms. The highest BCUT2D eigenvalue weighted by Crippen LogP contribution is 2.27. The Morgan fingerprint density at radius 1 is 1.11 bits per heavy atom. The van der Waals surface area contributed by atoms with Crippen molar-refractivity contribution in [3.8, 4) is 5.75 Å². The summed E-state index contributed by atoms with van der Waals surface area (Å²) >= 11 is 0. The molecule has 150 valence electrons. The summed E-state index contributed by atoms with van der Waals surface area (Å²) in [4.78, 5) is 24.7. The molecule has 0 aliphatic carbocycles. The molecule has 0 saturated heterocycles. The first-order valence-electron chi connectivity index (χ1n) is 9.31. The van der Waals surface area contributed by atoms with E-state index in [1.54, 1.807) is 31.4 Å². The monoisotopic (exact) mass is 384 g/mol. The van der Waals surface area contributed by atoms with E-state index in [0.717, 1.165) is 11.1 Å². The molecule has 2 N–H and O–H groups in total. The van der Waals surface area contributed by atoms with Crippen LogP contribution in [0.4, 0.5) is 5.69 Å². The first kappa shape index (κ1) is 21.4. The van der Waals surface area contributed by atoms with Gasteiger partial charge in [0.1, 0.15) is 5.75 Å². The van der Waals surface area contributed by atoms with E-state index in [-0.39, 0.29) is 24.3 Å². The molecule has 0 fully saturated rings. The molecule has 2 amide bonds. The van der Waals surface area contributed by atoms with Gasteiger partial charge in [0.05, 0.1) is 17.9 Å². The third kappa shape index (κ3) is 6.09. The largest absolute Gasteiger partial charge is 0.483 e. The van der Waals surface area contributed by atoms with E-state index < -0.39 is 0 Å². The van der Waals surface area contributed by atoms with E-state index in [4.69, 9.17) is 9.47 Å². The van der Waals surface area contributed by atoms with Crippen LogP contribution in [0.2, 0.25) is 0 Å². The lowest BCUT2D eigenvalue weighted by Crippen LogP contribution is -2.29. The molecule has 6 nitrogen and oxygen atoms in total. The zero-order valence-electron chi connectivity index (χ0n) is 16.9. The molecule has 2 aromatic carbocycles. The van der Waals surface area contributed by atoms with Gasteiger partial charge in [0.2, 0.25) is 0 Å². The maximum Gasteiger partial charge on any atom is 0.262 e. The number of rotatable bonds is 9. The zero-order valence-corrected chi connectivity index (χ0v) is 16.9. The van der Waals surface area contributed by atoms with Gasteiger partial charge in [0.15, 0.2) is 6.61 Å². The Morgan fingerprint density at radius 3 is 2.57 bits per heavy atom. The van der Waals surface area contributed by atoms with Crippen molar-refractivity contribution in [3.05, 3.63) is 59.2 Å². The lowest BCUT2D eigenvalue weighted by Gasteiger charge is -2.15. The van der Waals surface area contributed by atoms with Crippen LogP contribution in [0.15, 0.2) is 42.5 Å². The van der Waals surface area contributed by atoms with Gasteiger partial charge in [0, 0.05) is 13.7 Å². The zero-order chi connectivity index (χ0) is 20.5. The number of nitrogens with one attached hydrogen (secondary N) is 2. The van der Waals surface area contributed by atoms with Crippen LogP contribution in [0.3, 0.4) is 0 Å². The number of carbonyl (C=O) groups excluding carboxylic acids is 2. The number of hydrogen-bond acceptors (Lipinski definition) is 4. The van der Waals surface area contributed by atoms with Crippen LogP contribution >= 0.6 is 0 Å². The van der Waals surface area contributed by atoms with E-state index >= 15 is 0 Å². The minimum absolute atomic E-state index is 0.136. The third-order valence-corrected chi connectivity index (χ3v) is 4.19. The van der Waals surface area contributed by atoms with Gasteiger partial charge in [-0.3, -0.25) is 9.59 Å². The minimum atomic E-state index is -0.326. The van der Waals surface area contributed by atoms with E-state index in [9.17, 15) is 9.59 Å². The fraction of sp³-hybridized carbons (Fsp3) is 0.364. The van der Waals surface area contributed by atoms with Crippen molar-refractivity contribution in [2.45, 2.75) is 26.7 Å². The lowest BCUT2D eigenvalue weighted by molar-refractivity contribution is -0.118. The number of aryl methyl sites for hydroxylation is 1. The number of anilines is 1. The second-order valence-corrected chi connectivity index (χ2v) is 6.83. The van der Waals surface area contributed by atoms with Gasteiger partial charge >= 0.3 is 0 Å². The topological polar surface area (TPSA) is 76.7 Å². The maximum atomic E-state index is 12.4. The number of carbonyl (C=O) groups is 2. The number of methoxy groups -OCH3 is 1. The average molecular weight is 384 g/mol. The highest BCUT2D eigenvalue weighted by molar-refractivity contribution is 6.04. The van der Waals surface area contributed by atoms with Crippen molar-refractivity contribution in [2.75, 3.05) is 32.2 Å². The normalized spacial score (nSPS) is 10.6. The van der Waals surface area contributed by atoms with Gasteiger partial charge in [-0.25, -0.2) is 0 Å². The van der Waals surface area contributed by atoms with Crippen molar-refractivity contribution in [1.29, 1.82) is 0 Å². The van der Waals surface area contributed by atoms with Crippen molar-refractivity contribution >= 4 is 17.5 Å². The molecule has 2 rings (SSSR count). The van der Waals surface area contributed by atoms with Crippen molar-refractivity contribution in [3.63, 3.8) is 0 Å². The molecular formula is C22H28N2O4. The molecule has 0 aliphatic rings. The Hall–Kier alpha value is -2.86. The van der Waals surface area contributed by atoms with Crippen molar-refractivity contribution < 1.29 is 19.1 Å². The van der Waals surface area contributed by atoms with Gasteiger partial charge in [-0.1, -0.05) is 38.1 Å². The molecular weight excluding hydrogens is 356 g/mol. The molecule has 0 heterocycles. The molecule has 2 aromatic rings. The quantitative estimate of drug-likeness (QED) is 0.649. The molecule has 0 saturated carbocycles. The van der Waals surface area contributed by atoms with Crippen molar-refractivity contribution in [1.82, 2.24) is 5.32 Å². The Balaban J connectivity index is 2.03. The Labute approximate surface area is 166 Å². The average Bonchev–Trinajstić information content (AvgIpc) is 2.66. The molecule has 0 atom stereocenters. The molecule has 6 heteroatoms. The number of amides is 2. The molecule has 0 bridgehead atoms. The number of para-hydroxylation sites is 1. The third-order valence-electron chi connectivity index (χ3n) is 4.19. The second-order valence-electron chi connectivity index (χ2n) is 6.83. The molecule has 0 radical (unpaired) electrons. The Bertz CT molecular complexity index is 818. The smallest absolute Gasteiger partial charge is 0.262 e. The van der Waals surface area contributed by atoms with Crippen LogP contribution in [-0.2, 0) is 9.53 Å². The van der Waals surface area contributed by atoms with Crippen LogP contribution in [0.5, 0.6) is 5.75 Å². The minimum Gasteiger partial charge on any atom is -0.483 e. The molecule has 0 aliphatic heterocycles. The summed E-state index contributed by atoms with van der Waals surface area (Å²) in [6.45, 7) is 6.82. The SMILES string of the molecule is COCCNC(=O)c1ccccc1NC(=O)COc1cc(C)ccc1C(C)C. The van der Waals surface area contributed by atoms with E-state index in [1.807, 2.05) is 25.1 Å². The summed E-state index contributed by atoms with van der Waals surface area (Å²) in [7, 11) is 1.57. The summed E-state index contributed by atoms with van der Waals surface area (Å²) in [5.74, 6) is 0.397. The van der Waals surface area contributed by atoms with E-state index in [2.05, 4.69) is 24.5 Å². The number of ether oxygens (including phenoxy) is 2. The van der Waals surface area contributed by atoms with Crippen LogP contribution in [0, 0.1) is 6.92 Å². The predicted molar refractivity (Wildman–Crippen MR) is 110 cm³/mol. The highest BCUT2D eigenvalue weighted by Gasteiger charge is 2.14. The summed E-state index contributed by atoms with van der Waals surface area (Å²) in [5.41, 5.74) is 2.96. The predicted octanol–water partition coefficient (Wildman–Crippen LogP) is 3.51. The first-order chi connectivity index (χ1) is 13.4. The van der Waals surface area contributed by atoms with Crippen LogP contribution < -0.4 is 15.4 Å². The molecule has 28 heavy (non-hydrogen) atoms. The fourth-order valence-electron chi connectivity index (χ4n) is 2.73. The van der Waals surface area contributed by atoms with Gasteiger partial charge in [-0.15, -0.1) is 0 Å². The van der Waals surface area contributed by atoms with Crippen LogP contribution in [0.25, 0.3) is 0 Å². The summed E-state index contributed by atoms with van der Waals surface area (Å²) in [5, 5.41) is 5.51. The highest BCUT2D eigenvalue weighted by atomic mass is 16.5. The van der Waals surface area contributed by atoms with E-state index in [1.165, 1.54) is 0 Å². The van der Waals surface area contributed by atoms with Gasteiger partial charge in [-0.05, 0) is 42.2 Å². The Kier molecular flexibility index (Phi) is 8.02. The first-order valence-corrected chi connectivity index (χ1v) is 9.31. The summed E-state index contributed by atoms with van der Waals surface area (Å²) in [6.07, 6.45) is 0. The van der Waals surface area contributed by atoms with Gasteiger partial charge in [0.25, 0.3) is 11.8 Å².